The Bertz CT molecular complexity index is 530. The van der Waals surface area contributed by atoms with Crippen LogP contribution in [-0.2, 0) is 4.79 Å². The number of aryl methyl sites for hydroxylation is 1. The first kappa shape index (κ1) is 14.8. The number of halogens is 1. The van der Waals surface area contributed by atoms with Crippen molar-refractivity contribution in [1.29, 1.82) is 0 Å². The quantitative estimate of drug-likeness (QED) is 0.877. The summed E-state index contributed by atoms with van der Waals surface area (Å²) in [6, 6.07) is 2.00. The molecule has 1 aromatic heterocycles. The average Bonchev–Trinajstić information content (AvgIpc) is 2.96. The van der Waals surface area contributed by atoms with Crippen LogP contribution in [0.5, 0.6) is 0 Å². The Morgan fingerprint density at radius 3 is 2.86 bits per heavy atom. The number of rotatable bonds is 2. The number of anilines is 1. The molecule has 0 radical (unpaired) electrons. The van der Waals surface area contributed by atoms with Gasteiger partial charge in [-0.1, -0.05) is 0 Å². The summed E-state index contributed by atoms with van der Waals surface area (Å²) in [5.74, 6) is 1.15. The summed E-state index contributed by atoms with van der Waals surface area (Å²) >= 11 is 3.59. The second kappa shape index (κ2) is 6.32. The summed E-state index contributed by atoms with van der Waals surface area (Å²) < 4.78 is 0.975. The Labute approximate surface area is 133 Å². The van der Waals surface area contributed by atoms with Crippen LogP contribution in [0.1, 0.15) is 18.4 Å². The van der Waals surface area contributed by atoms with Crippen molar-refractivity contribution in [2.24, 2.45) is 0 Å². The normalized spacial score (nSPS) is 22.7. The molecular formula is C15H21BrN4O. The average molecular weight is 353 g/mol. The fourth-order valence-corrected chi connectivity index (χ4v) is 3.80. The molecule has 3 heterocycles. The van der Waals surface area contributed by atoms with E-state index in [9.17, 15) is 4.79 Å². The summed E-state index contributed by atoms with van der Waals surface area (Å²) in [5, 5.41) is 3.29. The van der Waals surface area contributed by atoms with Crippen molar-refractivity contribution in [1.82, 2.24) is 15.2 Å². The third kappa shape index (κ3) is 3.06. The van der Waals surface area contributed by atoms with Crippen molar-refractivity contribution in [3.05, 3.63) is 22.3 Å². The maximum absolute atomic E-state index is 12.8. The van der Waals surface area contributed by atoms with Crippen molar-refractivity contribution in [3.63, 3.8) is 0 Å². The van der Waals surface area contributed by atoms with E-state index < -0.39 is 0 Å². The van der Waals surface area contributed by atoms with Gasteiger partial charge in [0.1, 0.15) is 11.9 Å². The van der Waals surface area contributed by atoms with Gasteiger partial charge in [0, 0.05) is 38.9 Å². The van der Waals surface area contributed by atoms with Crippen LogP contribution < -0.4 is 10.2 Å². The van der Waals surface area contributed by atoms with E-state index in [2.05, 4.69) is 37.2 Å². The lowest BCUT2D eigenvalue weighted by Gasteiger charge is -2.33. The molecule has 6 heteroatoms. The third-order valence-electron chi connectivity index (χ3n) is 4.20. The van der Waals surface area contributed by atoms with Crippen LogP contribution in [0.15, 0.2) is 16.7 Å². The van der Waals surface area contributed by atoms with Gasteiger partial charge in [-0.15, -0.1) is 0 Å². The molecule has 1 N–H and O–H groups in total. The van der Waals surface area contributed by atoms with Crippen molar-refractivity contribution in [2.75, 3.05) is 37.6 Å². The van der Waals surface area contributed by atoms with Gasteiger partial charge in [-0.05, 0) is 47.3 Å². The third-order valence-corrected chi connectivity index (χ3v) is 4.78. The molecule has 1 amide bonds. The number of nitrogens with zero attached hydrogens (tertiary/aromatic N) is 3. The minimum absolute atomic E-state index is 0.0605. The Morgan fingerprint density at radius 2 is 2.14 bits per heavy atom. The minimum atomic E-state index is -0.0605. The van der Waals surface area contributed by atoms with Crippen molar-refractivity contribution < 1.29 is 4.79 Å². The van der Waals surface area contributed by atoms with Crippen LogP contribution in [0.2, 0.25) is 0 Å². The molecule has 1 unspecified atom stereocenters. The van der Waals surface area contributed by atoms with E-state index in [1.807, 2.05) is 18.0 Å². The molecule has 2 aliphatic rings. The molecule has 0 bridgehead atoms. The van der Waals surface area contributed by atoms with Crippen molar-refractivity contribution in [3.8, 4) is 0 Å². The Hall–Kier alpha value is -1.14. The van der Waals surface area contributed by atoms with E-state index in [0.717, 1.165) is 61.4 Å². The predicted octanol–water partition coefficient (Wildman–Crippen LogP) is 1.55. The fraction of sp³-hybridized carbons (Fsp3) is 0.600. The van der Waals surface area contributed by atoms with E-state index in [4.69, 9.17) is 0 Å². The van der Waals surface area contributed by atoms with E-state index in [1.54, 1.807) is 0 Å². The van der Waals surface area contributed by atoms with Gasteiger partial charge in [0.15, 0.2) is 0 Å². The highest BCUT2D eigenvalue weighted by atomic mass is 79.9. The molecule has 3 rings (SSSR count). The summed E-state index contributed by atoms with van der Waals surface area (Å²) in [5.41, 5.74) is 1.12. The predicted molar refractivity (Wildman–Crippen MR) is 86.5 cm³/mol. The zero-order valence-corrected chi connectivity index (χ0v) is 13.9. The number of carbonyl (C=O) groups excluding carboxylic acids is 1. The van der Waals surface area contributed by atoms with Crippen LogP contribution in [-0.4, -0.2) is 54.6 Å². The fourth-order valence-electron chi connectivity index (χ4n) is 3.11. The maximum Gasteiger partial charge on any atom is 0.245 e. The molecule has 0 aromatic carbocycles. The van der Waals surface area contributed by atoms with Gasteiger partial charge in [-0.25, -0.2) is 4.98 Å². The van der Waals surface area contributed by atoms with Crippen LogP contribution in [0.3, 0.4) is 0 Å². The Kier molecular flexibility index (Phi) is 4.45. The highest BCUT2D eigenvalue weighted by Crippen LogP contribution is 2.31. The highest BCUT2D eigenvalue weighted by molar-refractivity contribution is 9.10. The summed E-state index contributed by atoms with van der Waals surface area (Å²) in [6.45, 7) is 6.33. The molecule has 2 fully saturated rings. The molecule has 1 atom stereocenters. The molecule has 2 aliphatic heterocycles. The van der Waals surface area contributed by atoms with Crippen LogP contribution >= 0.6 is 15.9 Å². The first-order valence-electron chi connectivity index (χ1n) is 7.55. The number of pyridine rings is 1. The van der Waals surface area contributed by atoms with Gasteiger partial charge in [-0.3, -0.25) is 4.79 Å². The smallest absolute Gasteiger partial charge is 0.245 e. The molecule has 21 heavy (non-hydrogen) atoms. The molecule has 114 valence electrons. The molecule has 0 aliphatic carbocycles. The van der Waals surface area contributed by atoms with E-state index in [-0.39, 0.29) is 11.9 Å². The highest BCUT2D eigenvalue weighted by Gasteiger charge is 2.35. The molecule has 0 spiro atoms. The molecule has 0 saturated carbocycles. The molecule has 2 saturated heterocycles. The number of hydrogen-bond acceptors (Lipinski definition) is 4. The number of hydrogen-bond donors (Lipinski definition) is 1. The number of carbonyl (C=O) groups is 1. The minimum Gasteiger partial charge on any atom is -0.344 e. The number of piperazine rings is 1. The molecule has 1 aromatic rings. The Morgan fingerprint density at radius 1 is 1.38 bits per heavy atom. The number of nitrogens with one attached hydrogen (secondary N) is 1. The van der Waals surface area contributed by atoms with Crippen LogP contribution in [0.25, 0.3) is 0 Å². The van der Waals surface area contributed by atoms with Gasteiger partial charge in [0.2, 0.25) is 5.91 Å². The van der Waals surface area contributed by atoms with Gasteiger partial charge < -0.3 is 15.1 Å². The number of amides is 1. The monoisotopic (exact) mass is 352 g/mol. The second-order valence-electron chi connectivity index (χ2n) is 5.74. The van der Waals surface area contributed by atoms with Crippen molar-refractivity contribution in [2.45, 2.75) is 25.8 Å². The standard InChI is InChI=1S/C15H21BrN4O/c1-11-9-12(16)14(18-10-11)20-6-2-3-13(20)15(21)19-7-4-17-5-8-19/h9-10,13,17H,2-8H2,1H3. The lowest BCUT2D eigenvalue weighted by atomic mass is 10.1. The summed E-state index contributed by atoms with van der Waals surface area (Å²) in [6.07, 6.45) is 3.83. The zero-order chi connectivity index (χ0) is 14.8. The van der Waals surface area contributed by atoms with E-state index in [1.165, 1.54) is 0 Å². The first-order chi connectivity index (χ1) is 10.2. The van der Waals surface area contributed by atoms with Gasteiger partial charge >= 0.3 is 0 Å². The Balaban J connectivity index is 1.80. The van der Waals surface area contributed by atoms with Crippen LogP contribution in [0.4, 0.5) is 5.82 Å². The molecule has 5 nitrogen and oxygen atoms in total. The largest absolute Gasteiger partial charge is 0.344 e. The van der Waals surface area contributed by atoms with Gasteiger partial charge in [0.05, 0.1) is 4.47 Å². The van der Waals surface area contributed by atoms with E-state index >= 15 is 0 Å². The number of aromatic nitrogens is 1. The first-order valence-corrected chi connectivity index (χ1v) is 8.34. The SMILES string of the molecule is Cc1cnc(N2CCCC2C(=O)N2CCNCC2)c(Br)c1. The van der Waals surface area contributed by atoms with Crippen LogP contribution in [0, 0.1) is 6.92 Å². The van der Waals surface area contributed by atoms with E-state index in [0.29, 0.717) is 0 Å². The second-order valence-corrected chi connectivity index (χ2v) is 6.60. The zero-order valence-electron chi connectivity index (χ0n) is 12.3. The van der Waals surface area contributed by atoms with Crippen molar-refractivity contribution >= 4 is 27.7 Å². The summed E-state index contributed by atoms with van der Waals surface area (Å²) in [4.78, 5) is 21.5. The van der Waals surface area contributed by atoms with Gasteiger partial charge in [0.25, 0.3) is 0 Å². The lowest BCUT2D eigenvalue weighted by molar-refractivity contribution is -0.133. The maximum atomic E-state index is 12.8. The summed E-state index contributed by atoms with van der Waals surface area (Å²) in [7, 11) is 0. The topological polar surface area (TPSA) is 48.5 Å². The molecular weight excluding hydrogens is 332 g/mol. The van der Waals surface area contributed by atoms with Gasteiger partial charge in [-0.2, -0.15) is 0 Å². The lowest BCUT2D eigenvalue weighted by Crippen LogP contribution is -2.52.